The van der Waals surface area contributed by atoms with Gasteiger partial charge in [-0.25, -0.2) is 9.59 Å². The average Bonchev–Trinajstić information content (AvgIpc) is 3.14. The zero-order chi connectivity index (χ0) is 15.0. The molecule has 5 nitrogen and oxygen atoms in total. The largest absolute Gasteiger partial charge is 0.480 e. The topological polar surface area (TPSA) is 69.6 Å². The molecule has 2 N–H and O–H groups in total. The maximum absolute atomic E-state index is 12.5. The van der Waals surface area contributed by atoms with Gasteiger partial charge in [-0.15, -0.1) is 0 Å². The molecule has 0 spiro atoms. The third kappa shape index (κ3) is 2.64. The van der Waals surface area contributed by atoms with Crippen molar-refractivity contribution in [3.05, 3.63) is 22.4 Å². The summed E-state index contributed by atoms with van der Waals surface area (Å²) in [6.07, 6.45) is 3.05. The Morgan fingerprint density at radius 1 is 1.48 bits per heavy atom. The molecule has 0 radical (unpaired) electrons. The minimum Gasteiger partial charge on any atom is -0.480 e. The molecule has 0 aromatic carbocycles. The maximum atomic E-state index is 12.5. The molecular formula is C15H20N2O3S. The highest BCUT2D eigenvalue weighted by atomic mass is 32.1. The summed E-state index contributed by atoms with van der Waals surface area (Å²) >= 11 is 1.59. The Labute approximate surface area is 128 Å². The maximum Gasteiger partial charge on any atom is 0.326 e. The van der Waals surface area contributed by atoms with Crippen LogP contribution in [-0.4, -0.2) is 34.6 Å². The van der Waals surface area contributed by atoms with E-state index in [1.807, 2.05) is 23.8 Å². The van der Waals surface area contributed by atoms with Crippen molar-refractivity contribution in [2.45, 2.75) is 38.3 Å². The van der Waals surface area contributed by atoms with Gasteiger partial charge in [-0.1, -0.05) is 6.42 Å². The summed E-state index contributed by atoms with van der Waals surface area (Å²) in [6, 6.07) is 0.963. The van der Waals surface area contributed by atoms with Crippen molar-refractivity contribution in [3.8, 4) is 0 Å². The molecule has 3 rings (SSSR count). The molecule has 2 aliphatic rings. The van der Waals surface area contributed by atoms with E-state index in [9.17, 15) is 14.7 Å². The molecule has 1 aliphatic heterocycles. The van der Waals surface area contributed by atoms with E-state index in [0.717, 1.165) is 24.8 Å². The minimum atomic E-state index is -0.872. The summed E-state index contributed by atoms with van der Waals surface area (Å²) in [4.78, 5) is 25.5. The van der Waals surface area contributed by atoms with Crippen LogP contribution in [0.3, 0.4) is 0 Å². The van der Waals surface area contributed by atoms with Crippen molar-refractivity contribution in [2.75, 3.05) is 6.54 Å². The molecule has 6 heteroatoms. The van der Waals surface area contributed by atoms with Crippen molar-refractivity contribution < 1.29 is 14.7 Å². The van der Waals surface area contributed by atoms with Crippen LogP contribution in [-0.2, 0) is 4.79 Å². The predicted molar refractivity (Wildman–Crippen MR) is 80.2 cm³/mol. The zero-order valence-electron chi connectivity index (χ0n) is 12.0. The molecule has 1 aromatic heterocycles. The van der Waals surface area contributed by atoms with Gasteiger partial charge >= 0.3 is 12.0 Å². The fourth-order valence-electron chi connectivity index (χ4n) is 3.70. The number of carbonyl (C=O) groups excluding carboxylic acids is 1. The number of carboxylic acid groups (broad SMARTS) is 1. The molecule has 1 aliphatic carbocycles. The first kappa shape index (κ1) is 14.4. The second-order valence-corrected chi connectivity index (χ2v) is 6.80. The van der Waals surface area contributed by atoms with Crippen LogP contribution in [0.15, 0.2) is 16.8 Å². The van der Waals surface area contributed by atoms with Crippen molar-refractivity contribution in [3.63, 3.8) is 0 Å². The lowest BCUT2D eigenvalue weighted by Gasteiger charge is -2.26. The van der Waals surface area contributed by atoms with E-state index in [1.54, 1.807) is 11.3 Å². The van der Waals surface area contributed by atoms with Gasteiger partial charge in [0, 0.05) is 6.54 Å². The number of aliphatic carboxylic acids is 1. The summed E-state index contributed by atoms with van der Waals surface area (Å²) in [5, 5.41) is 16.4. The third-order valence-electron chi connectivity index (χ3n) is 4.79. The molecule has 2 heterocycles. The smallest absolute Gasteiger partial charge is 0.326 e. The van der Waals surface area contributed by atoms with Crippen molar-refractivity contribution in [1.82, 2.24) is 10.2 Å². The van der Waals surface area contributed by atoms with E-state index in [-0.39, 0.29) is 18.0 Å². The van der Waals surface area contributed by atoms with Crippen LogP contribution in [0, 0.1) is 11.8 Å². The lowest BCUT2D eigenvalue weighted by Crippen LogP contribution is -2.48. The SMILES string of the molecule is CC(NC(=O)N1CC2CCCC2C1C(=O)O)c1ccsc1. The van der Waals surface area contributed by atoms with Gasteiger partial charge < -0.3 is 15.3 Å². The number of likely N-dealkylation sites (tertiary alicyclic amines) is 1. The van der Waals surface area contributed by atoms with E-state index in [0.29, 0.717) is 12.5 Å². The highest BCUT2D eigenvalue weighted by Gasteiger charge is 2.49. The van der Waals surface area contributed by atoms with Gasteiger partial charge in [-0.05, 0) is 54.0 Å². The molecular weight excluding hydrogens is 288 g/mol. The Hall–Kier alpha value is -1.56. The van der Waals surface area contributed by atoms with Crippen LogP contribution in [0.25, 0.3) is 0 Å². The average molecular weight is 308 g/mol. The number of urea groups is 1. The molecule has 1 saturated carbocycles. The van der Waals surface area contributed by atoms with Crippen molar-refractivity contribution >= 4 is 23.3 Å². The second-order valence-electron chi connectivity index (χ2n) is 6.02. The fraction of sp³-hybridized carbons (Fsp3) is 0.600. The predicted octanol–water partition coefficient (Wildman–Crippen LogP) is 2.70. The number of hydrogen-bond donors (Lipinski definition) is 2. The van der Waals surface area contributed by atoms with Gasteiger partial charge in [0.15, 0.2) is 0 Å². The second kappa shape index (κ2) is 5.67. The number of thiophene rings is 1. The summed E-state index contributed by atoms with van der Waals surface area (Å²) in [5.74, 6) is -0.388. The molecule has 2 fully saturated rings. The van der Waals surface area contributed by atoms with Gasteiger partial charge in [0.2, 0.25) is 0 Å². The lowest BCUT2D eigenvalue weighted by atomic mass is 9.94. The molecule has 2 amide bonds. The molecule has 1 saturated heterocycles. The summed E-state index contributed by atoms with van der Waals surface area (Å²) < 4.78 is 0. The first-order chi connectivity index (χ1) is 10.1. The Bertz CT molecular complexity index is 531. The number of fused-ring (bicyclic) bond motifs is 1. The monoisotopic (exact) mass is 308 g/mol. The number of carboxylic acids is 1. The number of rotatable bonds is 3. The van der Waals surface area contributed by atoms with Crippen LogP contribution in [0.5, 0.6) is 0 Å². The molecule has 4 unspecified atom stereocenters. The summed E-state index contributed by atoms with van der Waals surface area (Å²) in [5.41, 5.74) is 1.06. The summed E-state index contributed by atoms with van der Waals surface area (Å²) in [6.45, 7) is 2.50. The Morgan fingerprint density at radius 3 is 2.95 bits per heavy atom. The van der Waals surface area contributed by atoms with E-state index in [4.69, 9.17) is 0 Å². The molecule has 21 heavy (non-hydrogen) atoms. The van der Waals surface area contributed by atoms with Crippen LogP contribution >= 0.6 is 11.3 Å². The van der Waals surface area contributed by atoms with Crippen LogP contribution in [0.2, 0.25) is 0 Å². The highest BCUT2D eigenvalue weighted by Crippen LogP contribution is 2.42. The Balaban J connectivity index is 1.70. The number of amides is 2. The van der Waals surface area contributed by atoms with Gasteiger partial charge in [0.25, 0.3) is 0 Å². The van der Waals surface area contributed by atoms with Gasteiger partial charge in [-0.3, -0.25) is 0 Å². The number of nitrogens with zero attached hydrogens (tertiary/aromatic N) is 1. The van der Waals surface area contributed by atoms with Crippen LogP contribution in [0.4, 0.5) is 4.79 Å². The third-order valence-corrected chi connectivity index (χ3v) is 5.49. The standard InChI is InChI=1S/C15H20N2O3S/c1-9(11-5-6-21-8-11)16-15(20)17-7-10-3-2-4-12(10)13(17)14(18)19/h5-6,8-10,12-13H,2-4,7H2,1H3,(H,16,20)(H,18,19). The first-order valence-electron chi connectivity index (χ1n) is 7.40. The van der Waals surface area contributed by atoms with Crippen LogP contribution in [0.1, 0.15) is 37.8 Å². The van der Waals surface area contributed by atoms with Crippen molar-refractivity contribution in [2.24, 2.45) is 11.8 Å². The lowest BCUT2D eigenvalue weighted by molar-refractivity contribution is -0.142. The Morgan fingerprint density at radius 2 is 2.29 bits per heavy atom. The molecule has 114 valence electrons. The van der Waals surface area contributed by atoms with E-state index < -0.39 is 12.0 Å². The normalized spacial score (nSPS) is 29.2. The number of carbonyl (C=O) groups is 2. The molecule has 0 bridgehead atoms. The first-order valence-corrected chi connectivity index (χ1v) is 8.34. The van der Waals surface area contributed by atoms with Gasteiger partial charge in [0.05, 0.1) is 6.04 Å². The minimum absolute atomic E-state index is 0.0985. The van der Waals surface area contributed by atoms with Crippen LogP contribution < -0.4 is 5.32 Å². The molecule has 4 atom stereocenters. The van der Waals surface area contributed by atoms with Gasteiger partial charge in [0.1, 0.15) is 6.04 Å². The van der Waals surface area contributed by atoms with Gasteiger partial charge in [-0.2, -0.15) is 11.3 Å². The quantitative estimate of drug-likeness (QED) is 0.902. The van der Waals surface area contributed by atoms with E-state index in [2.05, 4.69) is 5.32 Å². The Kier molecular flexibility index (Phi) is 3.89. The number of hydrogen-bond acceptors (Lipinski definition) is 3. The van der Waals surface area contributed by atoms with E-state index >= 15 is 0 Å². The van der Waals surface area contributed by atoms with Crippen molar-refractivity contribution in [1.29, 1.82) is 0 Å². The fourth-order valence-corrected chi connectivity index (χ4v) is 4.46. The molecule has 1 aromatic rings. The highest BCUT2D eigenvalue weighted by molar-refractivity contribution is 7.07. The number of nitrogens with one attached hydrogen (secondary N) is 1. The van der Waals surface area contributed by atoms with E-state index in [1.165, 1.54) is 4.90 Å². The summed E-state index contributed by atoms with van der Waals surface area (Å²) in [7, 11) is 0. The zero-order valence-corrected chi connectivity index (χ0v) is 12.8.